The van der Waals surface area contributed by atoms with E-state index in [1.54, 1.807) is 42.5 Å². The normalized spacial score (nSPS) is 10.6. The molecule has 2 N–H and O–H groups in total. The molecule has 0 aliphatic rings. The van der Waals surface area contributed by atoms with Gasteiger partial charge < -0.3 is 24.5 Å². The number of hydrogen-bond donors (Lipinski definition) is 2. The van der Waals surface area contributed by atoms with E-state index < -0.39 is 11.9 Å². The highest BCUT2D eigenvalue weighted by Crippen LogP contribution is 2.18. The van der Waals surface area contributed by atoms with Crippen molar-refractivity contribution in [2.24, 2.45) is 0 Å². The summed E-state index contributed by atoms with van der Waals surface area (Å²) in [5.41, 5.74) is 3.87. The lowest BCUT2D eigenvalue weighted by Crippen LogP contribution is -2.30. The Morgan fingerprint density at radius 2 is 1.71 bits per heavy atom. The van der Waals surface area contributed by atoms with Crippen LogP contribution in [0.3, 0.4) is 0 Å². The van der Waals surface area contributed by atoms with Crippen LogP contribution in [-0.4, -0.2) is 40.8 Å². The second-order valence-electron chi connectivity index (χ2n) is 7.81. The number of aryl methyl sites for hydroxylation is 1. The van der Waals surface area contributed by atoms with Crippen molar-refractivity contribution >= 4 is 29.1 Å². The van der Waals surface area contributed by atoms with Crippen molar-refractivity contribution < 1.29 is 23.9 Å². The molecule has 35 heavy (non-hydrogen) atoms. The summed E-state index contributed by atoms with van der Waals surface area (Å²) in [6.07, 6.45) is 3.90. The number of nitrogens with one attached hydrogen (secondary N) is 2. The van der Waals surface area contributed by atoms with Gasteiger partial charge in [-0.05, 0) is 55.0 Å². The van der Waals surface area contributed by atoms with Gasteiger partial charge in [-0.25, -0.2) is 4.98 Å². The van der Waals surface area contributed by atoms with Crippen LogP contribution in [-0.2, 0) is 16.1 Å². The molecule has 0 saturated heterocycles. The predicted molar refractivity (Wildman–Crippen MR) is 129 cm³/mol. The van der Waals surface area contributed by atoms with Crippen LogP contribution in [0.1, 0.15) is 32.0 Å². The number of anilines is 1. The number of carbonyl (C=O) groups excluding carboxylic acids is 3. The highest BCUT2D eigenvalue weighted by atomic mass is 16.5. The summed E-state index contributed by atoms with van der Waals surface area (Å²) in [5.74, 6) is -0.835. The Kier molecular flexibility index (Phi) is 7.06. The largest absolute Gasteiger partial charge is 0.487 e. The number of esters is 1. The van der Waals surface area contributed by atoms with Crippen molar-refractivity contribution in [3.8, 4) is 5.75 Å². The Balaban J connectivity index is 1.38. The van der Waals surface area contributed by atoms with Gasteiger partial charge in [0.05, 0.1) is 12.8 Å². The predicted octanol–water partition coefficient (Wildman–Crippen LogP) is 3.38. The van der Waals surface area contributed by atoms with Crippen molar-refractivity contribution in [1.82, 2.24) is 14.7 Å². The molecule has 4 rings (SSSR count). The van der Waals surface area contributed by atoms with Crippen LogP contribution in [0.15, 0.2) is 73.1 Å². The van der Waals surface area contributed by atoms with Gasteiger partial charge in [0, 0.05) is 29.2 Å². The molecule has 0 aliphatic carbocycles. The van der Waals surface area contributed by atoms with Gasteiger partial charge in [-0.1, -0.05) is 18.2 Å². The molecule has 0 spiro atoms. The van der Waals surface area contributed by atoms with Crippen LogP contribution in [0.4, 0.5) is 5.69 Å². The number of ether oxygens (including phenoxy) is 2. The van der Waals surface area contributed by atoms with E-state index in [1.165, 1.54) is 13.2 Å². The molecule has 178 valence electrons. The van der Waals surface area contributed by atoms with Crippen LogP contribution in [0.25, 0.3) is 5.65 Å². The van der Waals surface area contributed by atoms with Gasteiger partial charge in [0.15, 0.2) is 0 Å². The zero-order chi connectivity index (χ0) is 24.8. The summed E-state index contributed by atoms with van der Waals surface area (Å²) in [6, 6.07) is 17.2. The van der Waals surface area contributed by atoms with Crippen LogP contribution in [0, 0.1) is 6.92 Å². The van der Waals surface area contributed by atoms with Crippen LogP contribution in [0.5, 0.6) is 5.75 Å². The van der Waals surface area contributed by atoms with Crippen LogP contribution < -0.4 is 15.4 Å². The number of pyridine rings is 1. The quantitative estimate of drug-likeness (QED) is 0.381. The van der Waals surface area contributed by atoms with Gasteiger partial charge in [0.25, 0.3) is 11.8 Å². The number of amides is 2. The van der Waals surface area contributed by atoms with Gasteiger partial charge in [-0.15, -0.1) is 0 Å². The molecule has 0 saturated carbocycles. The molecular weight excluding hydrogens is 448 g/mol. The summed E-state index contributed by atoms with van der Waals surface area (Å²) in [6.45, 7) is 2.03. The second kappa shape index (κ2) is 10.5. The molecule has 0 unspecified atom stereocenters. The fourth-order valence-electron chi connectivity index (χ4n) is 3.38. The van der Waals surface area contributed by atoms with Gasteiger partial charge in [-0.3, -0.25) is 14.4 Å². The molecule has 2 aromatic carbocycles. The Hall–Kier alpha value is -4.66. The highest BCUT2D eigenvalue weighted by molar-refractivity contribution is 6.05. The summed E-state index contributed by atoms with van der Waals surface area (Å²) >= 11 is 0. The van der Waals surface area contributed by atoms with E-state index in [-0.39, 0.29) is 19.1 Å². The summed E-state index contributed by atoms with van der Waals surface area (Å²) in [5, 5.41) is 5.23. The number of nitrogens with zero attached hydrogens (tertiary/aromatic N) is 2. The number of fused-ring (bicyclic) bond motifs is 1. The Labute approximate surface area is 201 Å². The molecule has 0 atom stereocenters. The first kappa shape index (κ1) is 23.5. The molecule has 2 aromatic heterocycles. The molecule has 4 aromatic rings. The van der Waals surface area contributed by atoms with Crippen molar-refractivity contribution in [2.75, 3.05) is 19.0 Å². The third-order valence-corrected chi connectivity index (χ3v) is 5.14. The van der Waals surface area contributed by atoms with E-state index in [4.69, 9.17) is 4.74 Å². The number of methoxy groups -OCH3 is 1. The number of aromatic nitrogens is 2. The van der Waals surface area contributed by atoms with E-state index in [0.717, 1.165) is 16.9 Å². The third kappa shape index (κ3) is 6.02. The fourth-order valence-corrected chi connectivity index (χ4v) is 3.38. The van der Waals surface area contributed by atoms with Gasteiger partial charge in [0.1, 0.15) is 24.5 Å². The number of carbonyl (C=O) groups is 3. The highest BCUT2D eigenvalue weighted by Gasteiger charge is 2.12. The fraction of sp³-hybridized carbons (Fsp3) is 0.154. The molecular formula is C26H24N4O5. The molecule has 0 aliphatic heterocycles. The van der Waals surface area contributed by atoms with E-state index in [0.29, 0.717) is 22.6 Å². The van der Waals surface area contributed by atoms with Gasteiger partial charge in [0.2, 0.25) is 0 Å². The monoisotopic (exact) mass is 472 g/mol. The Bertz CT molecular complexity index is 1400. The minimum atomic E-state index is -0.554. The summed E-state index contributed by atoms with van der Waals surface area (Å²) in [7, 11) is 1.24. The average Bonchev–Trinajstić information content (AvgIpc) is 3.28. The molecule has 2 heterocycles. The molecule has 0 fully saturated rings. The summed E-state index contributed by atoms with van der Waals surface area (Å²) < 4.78 is 12.3. The molecule has 9 heteroatoms. The molecule has 0 bridgehead atoms. The zero-order valence-electron chi connectivity index (χ0n) is 19.3. The standard InChI is InChI=1S/C26H24N4O5/c1-17-9-10-23-28-21(15-30(23)14-17)16-35-22-8-4-6-19(12-22)26(33)29-20-7-3-5-18(11-20)25(32)27-13-24(31)34-2/h3-12,14-15H,13,16H2,1-2H3,(H,27,32)(H,29,33). The first-order valence-electron chi connectivity index (χ1n) is 10.8. The molecule has 9 nitrogen and oxygen atoms in total. The molecule has 0 radical (unpaired) electrons. The Morgan fingerprint density at radius 3 is 2.51 bits per heavy atom. The maximum atomic E-state index is 12.8. The zero-order valence-corrected chi connectivity index (χ0v) is 19.3. The molecule has 2 amide bonds. The van der Waals surface area contributed by atoms with Crippen molar-refractivity contribution in [2.45, 2.75) is 13.5 Å². The van der Waals surface area contributed by atoms with Gasteiger partial charge in [-0.2, -0.15) is 0 Å². The minimum absolute atomic E-state index is 0.243. The van der Waals surface area contributed by atoms with Crippen molar-refractivity contribution in [1.29, 1.82) is 0 Å². The average molecular weight is 473 g/mol. The van der Waals surface area contributed by atoms with E-state index in [1.807, 2.05) is 35.9 Å². The van der Waals surface area contributed by atoms with Crippen LogP contribution in [0.2, 0.25) is 0 Å². The maximum Gasteiger partial charge on any atom is 0.325 e. The first-order valence-corrected chi connectivity index (χ1v) is 10.8. The van der Waals surface area contributed by atoms with Gasteiger partial charge >= 0.3 is 5.97 Å². The smallest absolute Gasteiger partial charge is 0.325 e. The lowest BCUT2D eigenvalue weighted by atomic mass is 10.1. The Morgan fingerprint density at radius 1 is 0.943 bits per heavy atom. The van der Waals surface area contributed by atoms with E-state index >= 15 is 0 Å². The van der Waals surface area contributed by atoms with E-state index in [2.05, 4.69) is 20.4 Å². The minimum Gasteiger partial charge on any atom is -0.487 e. The van der Waals surface area contributed by atoms with Crippen LogP contribution >= 0.6 is 0 Å². The summed E-state index contributed by atoms with van der Waals surface area (Å²) in [4.78, 5) is 40.8. The first-order chi connectivity index (χ1) is 16.9. The number of rotatable bonds is 8. The SMILES string of the molecule is COC(=O)CNC(=O)c1cccc(NC(=O)c2cccc(OCc3cn4cc(C)ccc4n3)c2)c1. The lowest BCUT2D eigenvalue weighted by Gasteiger charge is -2.09. The number of hydrogen-bond acceptors (Lipinski definition) is 6. The third-order valence-electron chi connectivity index (χ3n) is 5.14. The van der Waals surface area contributed by atoms with Crippen molar-refractivity contribution in [3.63, 3.8) is 0 Å². The number of benzene rings is 2. The topological polar surface area (TPSA) is 111 Å². The number of imidazole rings is 1. The lowest BCUT2D eigenvalue weighted by molar-refractivity contribution is -0.139. The second-order valence-corrected chi connectivity index (χ2v) is 7.81. The van der Waals surface area contributed by atoms with E-state index in [9.17, 15) is 14.4 Å². The maximum absolute atomic E-state index is 12.8. The van der Waals surface area contributed by atoms with Crippen molar-refractivity contribution in [3.05, 3.63) is 95.4 Å².